The number of nitrogens with one attached hydrogen (secondary N) is 1. The largest absolute Gasteiger partial charge is 0.346 e. The van der Waals surface area contributed by atoms with E-state index in [1.807, 2.05) is 0 Å². The number of rotatable bonds is 5. The van der Waals surface area contributed by atoms with Crippen LogP contribution in [-0.2, 0) is 13.1 Å². The Morgan fingerprint density at radius 1 is 1.29 bits per heavy atom. The van der Waals surface area contributed by atoms with E-state index in [1.165, 1.54) is 12.1 Å². The smallest absolute Gasteiger partial charge is 0.282 e. The Morgan fingerprint density at radius 3 is 2.68 bits per heavy atom. The number of hydrogen-bond acceptors (Lipinski definition) is 5. The van der Waals surface area contributed by atoms with Crippen molar-refractivity contribution in [3.8, 4) is 12.3 Å². The van der Waals surface area contributed by atoms with Gasteiger partial charge in [-0.15, -0.1) is 6.42 Å². The lowest BCUT2D eigenvalue weighted by Crippen LogP contribution is -2.28. The molecule has 1 amide bonds. The highest BCUT2D eigenvalue weighted by atomic mass is 35.5. The maximum atomic E-state index is 12.5. The fourth-order valence-corrected chi connectivity index (χ4v) is 2.91. The molecule has 1 aromatic heterocycles. The summed E-state index contributed by atoms with van der Waals surface area (Å²) in [6.07, 6.45) is 5.29. The summed E-state index contributed by atoms with van der Waals surface area (Å²) in [5.74, 6) is 1.67. The van der Waals surface area contributed by atoms with Crippen LogP contribution in [0.1, 0.15) is 16.1 Å². The van der Waals surface area contributed by atoms with Crippen molar-refractivity contribution in [1.82, 2.24) is 15.1 Å². The van der Waals surface area contributed by atoms with Gasteiger partial charge < -0.3 is 5.32 Å². The zero-order valence-electron chi connectivity index (χ0n) is 14.4. The molecule has 3 rings (SSSR count). The summed E-state index contributed by atoms with van der Waals surface area (Å²) in [6.45, 7) is -0.0851. The number of nitrogens with zero attached hydrogens (tertiary/aromatic N) is 3. The zero-order valence-corrected chi connectivity index (χ0v) is 15.1. The van der Waals surface area contributed by atoms with E-state index >= 15 is 0 Å². The highest BCUT2D eigenvalue weighted by Gasteiger charge is 2.21. The molecule has 28 heavy (non-hydrogen) atoms. The lowest BCUT2D eigenvalue weighted by atomic mass is 10.1. The Morgan fingerprint density at radius 2 is 2.00 bits per heavy atom. The number of carbonyl (C=O) groups excluding carboxylic acids is 1. The molecule has 9 heteroatoms. The van der Waals surface area contributed by atoms with Crippen molar-refractivity contribution < 1.29 is 9.72 Å². The van der Waals surface area contributed by atoms with Crippen LogP contribution in [0.15, 0.2) is 47.3 Å². The first-order valence-electron chi connectivity index (χ1n) is 8.06. The number of amides is 1. The molecular weight excluding hydrogens is 384 g/mol. The van der Waals surface area contributed by atoms with Crippen molar-refractivity contribution in [3.63, 3.8) is 0 Å². The lowest BCUT2D eigenvalue weighted by Gasteiger charge is -2.10. The van der Waals surface area contributed by atoms with Crippen LogP contribution in [-0.4, -0.2) is 20.6 Å². The minimum Gasteiger partial charge on any atom is -0.346 e. The van der Waals surface area contributed by atoms with Crippen molar-refractivity contribution in [1.29, 1.82) is 0 Å². The van der Waals surface area contributed by atoms with Gasteiger partial charge in [0.25, 0.3) is 17.2 Å². The Bertz CT molecular complexity index is 1200. The number of aromatic nitrogens is 2. The maximum Gasteiger partial charge on any atom is 0.282 e. The maximum absolute atomic E-state index is 12.5. The second kappa shape index (κ2) is 7.90. The Balaban J connectivity index is 1.97. The summed E-state index contributed by atoms with van der Waals surface area (Å²) in [5, 5.41) is 19.1. The van der Waals surface area contributed by atoms with Crippen molar-refractivity contribution in [2.24, 2.45) is 0 Å². The number of nitro groups is 1. The molecule has 140 valence electrons. The molecule has 0 saturated heterocycles. The fourth-order valence-electron chi connectivity index (χ4n) is 2.74. The van der Waals surface area contributed by atoms with Gasteiger partial charge in [-0.1, -0.05) is 35.7 Å². The number of benzene rings is 2. The highest BCUT2D eigenvalue weighted by Crippen LogP contribution is 2.23. The van der Waals surface area contributed by atoms with Gasteiger partial charge in [-0.05, 0) is 18.2 Å². The summed E-state index contributed by atoms with van der Waals surface area (Å²) in [7, 11) is 0. The van der Waals surface area contributed by atoms with E-state index in [0.717, 1.165) is 10.7 Å². The number of hydrogen-bond donors (Lipinski definition) is 1. The van der Waals surface area contributed by atoms with E-state index in [9.17, 15) is 19.7 Å². The summed E-state index contributed by atoms with van der Waals surface area (Å²) in [5.41, 5.74) is -0.464. The Labute approximate surface area is 163 Å². The second-order valence-corrected chi connectivity index (χ2v) is 6.20. The summed E-state index contributed by atoms with van der Waals surface area (Å²) < 4.78 is 1.13. The highest BCUT2D eigenvalue weighted by molar-refractivity contribution is 6.31. The third-order valence-corrected chi connectivity index (χ3v) is 4.24. The van der Waals surface area contributed by atoms with Gasteiger partial charge in [0.15, 0.2) is 0 Å². The number of fused-ring (bicyclic) bond motifs is 1. The molecule has 0 aliphatic carbocycles. The molecule has 2 aromatic carbocycles. The van der Waals surface area contributed by atoms with Gasteiger partial charge in [-0.25, -0.2) is 4.68 Å². The van der Waals surface area contributed by atoms with Gasteiger partial charge in [0, 0.05) is 16.5 Å². The molecule has 0 radical (unpaired) electrons. The van der Waals surface area contributed by atoms with Crippen molar-refractivity contribution in [2.75, 3.05) is 0 Å². The van der Waals surface area contributed by atoms with Crippen LogP contribution < -0.4 is 10.9 Å². The molecule has 0 aliphatic rings. The van der Waals surface area contributed by atoms with Crippen molar-refractivity contribution in [3.05, 3.63) is 79.2 Å². The van der Waals surface area contributed by atoms with Crippen molar-refractivity contribution >= 4 is 34.0 Å². The fraction of sp³-hybridized carbons (Fsp3) is 0.105. The third-order valence-electron chi connectivity index (χ3n) is 4.00. The zero-order chi connectivity index (χ0) is 20.3. The van der Waals surface area contributed by atoms with Crippen LogP contribution in [0.4, 0.5) is 5.69 Å². The van der Waals surface area contributed by atoms with E-state index < -0.39 is 10.8 Å². The molecule has 0 aliphatic heterocycles. The van der Waals surface area contributed by atoms with E-state index in [1.54, 1.807) is 24.3 Å². The molecule has 0 fully saturated rings. The quantitative estimate of drug-likeness (QED) is 0.405. The molecular formula is C19H13ClN4O4. The van der Waals surface area contributed by atoms with E-state index in [0.29, 0.717) is 16.5 Å². The first kappa shape index (κ1) is 19.1. The Kier molecular flexibility index (Phi) is 5.38. The van der Waals surface area contributed by atoms with Crippen LogP contribution in [0.2, 0.25) is 5.02 Å². The average Bonchev–Trinajstić information content (AvgIpc) is 2.68. The van der Waals surface area contributed by atoms with Gasteiger partial charge in [-0.3, -0.25) is 19.7 Å². The molecule has 0 spiro atoms. The molecule has 8 nitrogen and oxygen atoms in total. The van der Waals surface area contributed by atoms with Crippen LogP contribution in [0.3, 0.4) is 0 Å². The summed E-state index contributed by atoms with van der Waals surface area (Å²) in [6, 6.07) is 10.5. The normalized spacial score (nSPS) is 10.4. The number of halogens is 1. The third kappa shape index (κ3) is 3.70. The van der Waals surface area contributed by atoms with Gasteiger partial charge in [0.2, 0.25) is 0 Å². The average molecular weight is 397 g/mol. The molecule has 0 unspecified atom stereocenters. The van der Waals surface area contributed by atoms with Gasteiger partial charge in [-0.2, -0.15) is 5.10 Å². The second-order valence-electron chi connectivity index (χ2n) is 5.76. The van der Waals surface area contributed by atoms with Gasteiger partial charge in [0.05, 0.1) is 22.5 Å². The minimum atomic E-state index is -0.685. The molecule has 0 saturated carbocycles. The summed E-state index contributed by atoms with van der Waals surface area (Å²) in [4.78, 5) is 35.4. The summed E-state index contributed by atoms with van der Waals surface area (Å²) >= 11 is 5.86. The van der Waals surface area contributed by atoms with E-state index in [2.05, 4.69) is 16.3 Å². The van der Waals surface area contributed by atoms with Crippen molar-refractivity contribution in [2.45, 2.75) is 13.1 Å². The minimum absolute atomic E-state index is 0.0234. The molecule has 1 N–H and O–H groups in total. The lowest BCUT2D eigenvalue weighted by molar-refractivity contribution is -0.385. The van der Waals surface area contributed by atoms with Crippen LogP contribution in [0.5, 0.6) is 0 Å². The molecule has 0 atom stereocenters. The Hall–Kier alpha value is -3.70. The number of carbonyl (C=O) groups is 1. The van der Waals surface area contributed by atoms with E-state index in [4.69, 9.17) is 18.0 Å². The predicted octanol–water partition coefficient (Wildman–Crippen LogP) is 2.52. The number of terminal acetylenes is 1. The molecule has 0 bridgehead atoms. The molecule has 1 heterocycles. The topological polar surface area (TPSA) is 107 Å². The number of nitro benzene ring substituents is 1. The monoisotopic (exact) mass is 396 g/mol. The van der Waals surface area contributed by atoms with Crippen LogP contribution in [0.25, 0.3) is 10.8 Å². The predicted molar refractivity (Wildman–Crippen MR) is 104 cm³/mol. The first-order valence-corrected chi connectivity index (χ1v) is 8.44. The van der Waals surface area contributed by atoms with Crippen LogP contribution >= 0.6 is 11.6 Å². The standard InChI is InChI=1S/C19H13ClN4O4/c1-2-9-23-19(26)14-6-4-3-5-13(14)16(22-23)11-21-18(25)15-10-12(20)7-8-17(15)24(27)28/h1,3-8,10H,9,11H2,(H,21,25). The first-order chi connectivity index (χ1) is 13.4. The van der Waals surface area contributed by atoms with Gasteiger partial charge >= 0.3 is 0 Å². The SMILES string of the molecule is C#CCn1nc(CNC(=O)c2cc(Cl)ccc2[N+](=O)[O-])c2ccccc2c1=O. The van der Waals surface area contributed by atoms with Gasteiger partial charge in [0.1, 0.15) is 12.1 Å². The molecule has 3 aromatic rings. The van der Waals surface area contributed by atoms with E-state index in [-0.39, 0.29) is 34.9 Å². The van der Waals surface area contributed by atoms with Crippen LogP contribution in [0, 0.1) is 22.5 Å².